The number of amides is 2. The van der Waals surface area contributed by atoms with Gasteiger partial charge in [0.1, 0.15) is 0 Å². The van der Waals surface area contributed by atoms with Crippen molar-refractivity contribution in [3.63, 3.8) is 0 Å². The molecule has 2 amide bonds. The van der Waals surface area contributed by atoms with E-state index in [1.807, 2.05) is 91.9 Å². The van der Waals surface area contributed by atoms with Gasteiger partial charge in [-0.3, -0.25) is 14.5 Å². The molecule has 182 valence electrons. The summed E-state index contributed by atoms with van der Waals surface area (Å²) in [5, 5.41) is 7.66. The highest BCUT2D eigenvalue weighted by Crippen LogP contribution is 2.20. The van der Waals surface area contributed by atoms with Crippen molar-refractivity contribution in [2.45, 2.75) is 27.7 Å². The molecule has 7 nitrogen and oxygen atoms in total. The van der Waals surface area contributed by atoms with Crippen LogP contribution in [0.15, 0.2) is 54.6 Å². The summed E-state index contributed by atoms with van der Waals surface area (Å²) in [4.78, 5) is 29.3. The molecule has 1 aromatic heterocycles. The lowest BCUT2D eigenvalue weighted by atomic mass is 10.1. The van der Waals surface area contributed by atoms with Crippen LogP contribution in [-0.2, 0) is 9.59 Å². The average Bonchev–Trinajstić information content (AvgIpc) is 3.14. The van der Waals surface area contributed by atoms with Gasteiger partial charge in [0.05, 0.1) is 17.9 Å². The number of aryl methyl sites for hydroxylation is 2. The molecule has 0 spiro atoms. The summed E-state index contributed by atoms with van der Waals surface area (Å²) >= 11 is 0. The smallest absolute Gasteiger partial charge is 0.246 e. The highest BCUT2D eigenvalue weighted by molar-refractivity contribution is 5.93. The lowest BCUT2D eigenvalue weighted by Crippen LogP contribution is -2.50. The Morgan fingerprint density at radius 2 is 1.66 bits per heavy atom. The van der Waals surface area contributed by atoms with Gasteiger partial charge in [0, 0.05) is 49.2 Å². The quantitative estimate of drug-likeness (QED) is 0.554. The number of anilines is 1. The van der Waals surface area contributed by atoms with Gasteiger partial charge in [0.2, 0.25) is 11.8 Å². The van der Waals surface area contributed by atoms with Crippen molar-refractivity contribution in [3.05, 3.63) is 82.7 Å². The summed E-state index contributed by atoms with van der Waals surface area (Å²) in [6.07, 6.45) is 3.50. The van der Waals surface area contributed by atoms with Crippen LogP contribution in [0.5, 0.6) is 0 Å². The summed E-state index contributed by atoms with van der Waals surface area (Å²) < 4.78 is 1.90. The van der Waals surface area contributed by atoms with Gasteiger partial charge in [0.15, 0.2) is 0 Å². The van der Waals surface area contributed by atoms with Gasteiger partial charge in [-0.25, -0.2) is 4.68 Å². The van der Waals surface area contributed by atoms with Crippen LogP contribution in [0.2, 0.25) is 0 Å². The van der Waals surface area contributed by atoms with Gasteiger partial charge in [-0.05, 0) is 63.1 Å². The molecule has 2 heterocycles. The summed E-state index contributed by atoms with van der Waals surface area (Å²) in [6.45, 7) is 10.9. The predicted octanol–water partition coefficient (Wildman–Crippen LogP) is 3.90. The normalized spacial score (nSPS) is 14.5. The largest absolute Gasteiger partial charge is 0.337 e. The molecule has 0 radical (unpaired) electrons. The number of aromatic nitrogens is 2. The fraction of sp³-hybridized carbons (Fsp3) is 0.321. The Labute approximate surface area is 207 Å². The van der Waals surface area contributed by atoms with Crippen molar-refractivity contribution in [2.75, 3.05) is 38.0 Å². The molecule has 1 fully saturated rings. The molecule has 0 unspecified atom stereocenters. The number of carbonyl (C=O) groups is 2. The molecule has 35 heavy (non-hydrogen) atoms. The van der Waals surface area contributed by atoms with E-state index < -0.39 is 0 Å². The first kappa shape index (κ1) is 24.4. The van der Waals surface area contributed by atoms with Crippen LogP contribution in [0.25, 0.3) is 11.8 Å². The Balaban J connectivity index is 1.31. The van der Waals surface area contributed by atoms with Crippen molar-refractivity contribution in [1.82, 2.24) is 19.6 Å². The van der Waals surface area contributed by atoms with Gasteiger partial charge < -0.3 is 10.2 Å². The van der Waals surface area contributed by atoms with Gasteiger partial charge in [-0.1, -0.05) is 30.3 Å². The number of nitrogens with zero attached hydrogens (tertiary/aromatic N) is 4. The van der Waals surface area contributed by atoms with E-state index in [4.69, 9.17) is 0 Å². The molecular weight excluding hydrogens is 438 g/mol. The summed E-state index contributed by atoms with van der Waals surface area (Å²) in [7, 11) is 0. The van der Waals surface area contributed by atoms with Crippen molar-refractivity contribution in [3.8, 4) is 5.69 Å². The van der Waals surface area contributed by atoms with Crippen LogP contribution in [0, 0.1) is 27.7 Å². The van der Waals surface area contributed by atoms with Crippen molar-refractivity contribution >= 4 is 23.6 Å². The zero-order valence-corrected chi connectivity index (χ0v) is 20.9. The number of nitrogens with one attached hydrogen (secondary N) is 1. The second kappa shape index (κ2) is 10.7. The lowest BCUT2D eigenvalue weighted by Gasteiger charge is -2.33. The van der Waals surface area contributed by atoms with Gasteiger partial charge >= 0.3 is 0 Å². The topological polar surface area (TPSA) is 70.5 Å². The molecule has 4 rings (SSSR count). The second-order valence-corrected chi connectivity index (χ2v) is 9.06. The molecule has 1 aliphatic heterocycles. The second-order valence-electron chi connectivity index (χ2n) is 9.06. The van der Waals surface area contributed by atoms with E-state index in [9.17, 15) is 9.59 Å². The Morgan fingerprint density at radius 1 is 0.943 bits per heavy atom. The van der Waals surface area contributed by atoms with Crippen molar-refractivity contribution < 1.29 is 9.59 Å². The molecular formula is C28H33N5O2. The number of carbonyl (C=O) groups excluding carboxylic acids is 2. The van der Waals surface area contributed by atoms with Crippen molar-refractivity contribution in [1.29, 1.82) is 0 Å². The van der Waals surface area contributed by atoms with E-state index in [0.717, 1.165) is 39.5 Å². The summed E-state index contributed by atoms with van der Waals surface area (Å²) in [5.74, 6) is -0.0458. The zero-order valence-electron chi connectivity index (χ0n) is 20.9. The fourth-order valence-electron chi connectivity index (χ4n) is 4.38. The number of rotatable bonds is 6. The predicted molar refractivity (Wildman–Crippen MR) is 140 cm³/mol. The Bertz CT molecular complexity index is 1240. The number of piperazine rings is 1. The van der Waals surface area contributed by atoms with Crippen molar-refractivity contribution in [2.24, 2.45) is 0 Å². The summed E-state index contributed by atoms with van der Waals surface area (Å²) in [6, 6.07) is 15.9. The maximum atomic E-state index is 12.8. The molecule has 7 heteroatoms. The molecule has 2 aromatic carbocycles. The monoisotopic (exact) mass is 471 g/mol. The molecule has 3 aromatic rings. The van der Waals surface area contributed by atoms with Gasteiger partial charge in [-0.15, -0.1) is 0 Å². The molecule has 0 bridgehead atoms. The minimum absolute atomic E-state index is 0.0178. The highest BCUT2D eigenvalue weighted by Gasteiger charge is 2.22. The Morgan fingerprint density at radius 3 is 2.37 bits per heavy atom. The van der Waals surface area contributed by atoms with Crippen LogP contribution in [0.1, 0.15) is 28.1 Å². The first-order chi connectivity index (χ1) is 16.8. The Kier molecular flexibility index (Phi) is 7.46. The third kappa shape index (κ3) is 5.69. The minimum atomic E-state index is -0.0280. The van der Waals surface area contributed by atoms with E-state index in [2.05, 4.69) is 15.3 Å². The molecule has 0 atom stereocenters. The molecule has 1 N–H and O–H groups in total. The van der Waals surface area contributed by atoms with Crippen LogP contribution >= 0.6 is 0 Å². The first-order valence-corrected chi connectivity index (χ1v) is 12.0. The SMILES string of the molecule is Cc1cccc(NC(=O)CN2CCN(C(=O)/C=C/c3c(C)nn(-c4ccccc4)c3C)CC2)c1C. The van der Waals surface area contributed by atoms with E-state index in [1.165, 1.54) is 0 Å². The fourth-order valence-corrected chi connectivity index (χ4v) is 4.38. The van der Waals surface area contributed by atoms with E-state index in [1.54, 1.807) is 6.08 Å². The lowest BCUT2D eigenvalue weighted by molar-refractivity contribution is -0.127. The van der Waals surface area contributed by atoms with E-state index in [0.29, 0.717) is 32.7 Å². The number of para-hydroxylation sites is 1. The summed E-state index contributed by atoms with van der Waals surface area (Å²) in [5.41, 5.74) is 6.94. The molecule has 1 saturated heterocycles. The van der Waals surface area contributed by atoms with E-state index in [-0.39, 0.29) is 11.8 Å². The molecule has 1 aliphatic rings. The number of hydrogen-bond donors (Lipinski definition) is 1. The third-order valence-corrected chi connectivity index (χ3v) is 6.67. The average molecular weight is 472 g/mol. The highest BCUT2D eigenvalue weighted by atomic mass is 16.2. The Hall–Kier alpha value is -3.71. The number of hydrogen-bond acceptors (Lipinski definition) is 4. The minimum Gasteiger partial charge on any atom is -0.337 e. The first-order valence-electron chi connectivity index (χ1n) is 12.0. The van der Waals surface area contributed by atoms with Gasteiger partial charge in [-0.2, -0.15) is 5.10 Å². The third-order valence-electron chi connectivity index (χ3n) is 6.67. The standard InChI is InChI=1S/C28H33N5O2/c1-20-9-8-12-26(21(20)2)29-27(34)19-31-15-17-32(18-16-31)28(35)14-13-25-22(3)30-33(23(25)4)24-10-6-5-7-11-24/h5-14H,15-19H2,1-4H3,(H,29,34)/b14-13+. The van der Waals surface area contributed by atoms with E-state index >= 15 is 0 Å². The molecule has 0 saturated carbocycles. The number of benzene rings is 2. The zero-order chi connectivity index (χ0) is 24.9. The maximum Gasteiger partial charge on any atom is 0.246 e. The van der Waals surface area contributed by atoms with Gasteiger partial charge in [0.25, 0.3) is 0 Å². The van der Waals surface area contributed by atoms with Crippen LogP contribution in [-0.4, -0.2) is 64.1 Å². The maximum absolute atomic E-state index is 12.8. The van der Waals surface area contributed by atoms with Crippen LogP contribution in [0.4, 0.5) is 5.69 Å². The van der Waals surface area contributed by atoms with Crippen LogP contribution < -0.4 is 5.32 Å². The molecule has 0 aliphatic carbocycles. The van der Waals surface area contributed by atoms with Crippen LogP contribution in [0.3, 0.4) is 0 Å².